The Labute approximate surface area is 111 Å². The van der Waals surface area contributed by atoms with Crippen molar-refractivity contribution in [3.05, 3.63) is 52.1 Å². The lowest BCUT2D eigenvalue weighted by atomic mass is 10.2. The van der Waals surface area contributed by atoms with Gasteiger partial charge in [0.15, 0.2) is 0 Å². The highest BCUT2D eigenvalue weighted by atomic mass is 16.6. The van der Waals surface area contributed by atoms with Gasteiger partial charge in [-0.05, 0) is 12.5 Å². The number of ether oxygens (including phenoxy) is 1. The minimum atomic E-state index is -0.443. The van der Waals surface area contributed by atoms with E-state index in [1.165, 1.54) is 12.1 Å². The van der Waals surface area contributed by atoms with Crippen molar-refractivity contribution in [3.8, 4) is 0 Å². The van der Waals surface area contributed by atoms with Crippen LogP contribution in [-0.2, 0) is 16.1 Å². The van der Waals surface area contributed by atoms with Gasteiger partial charge in [0.25, 0.3) is 5.69 Å². The number of hydrogen-bond donors (Lipinski definition) is 1. The third-order valence-electron chi connectivity index (χ3n) is 2.35. The summed E-state index contributed by atoms with van der Waals surface area (Å²) in [6, 6.07) is 6.31. The predicted octanol–water partition coefficient (Wildman–Crippen LogP) is 1.80. The SMILES string of the molecule is C=C(CNCc1cccc([N+](=O)[O-])c1)C(=O)OCC. The van der Waals surface area contributed by atoms with Gasteiger partial charge in [-0.3, -0.25) is 10.1 Å². The Kier molecular flexibility index (Phi) is 5.69. The Hall–Kier alpha value is -2.21. The molecule has 0 spiro atoms. The summed E-state index contributed by atoms with van der Waals surface area (Å²) in [4.78, 5) is 21.4. The second-order valence-corrected chi connectivity index (χ2v) is 3.85. The number of nitrogens with zero attached hydrogens (tertiary/aromatic N) is 1. The Morgan fingerprint density at radius 3 is 2.89 bits per heavy atom. The zero-order valence-electron chi connectivity index (χ0n) is 10.7. The maximum Gasteiger partial charge on any atom is 0.334 e. The number of nitro groups is 1. The minimum absolute atomic E-state index is 0.0449. The normalized spacial score (nSPS) is 9.95. The molecule has 0 bridgehead atoms. The van der Waals surface area contributed by atoms with E-state index in [1.807, 2.05) is 0 Å². The van der Waals surface area contributed by atoms with Crippen molar-refractivity contribution in [2.24, 2.45) is 0 Å². The molecule has 0 aromatic heterocycles. The van der Waals surface area contributed by atoms with Gasteiger partial charge in [0, 0.05) is 30.8 Å². The molecule has 1 aromatic rings. The lowest BCUT2D eigenvalue weighted by molar-refractivity contribution is -0.384. The third kappa shape index (κ3) is 4.89. The van der Waals surface area contributed by atoms with E-state index in [9.17, 15) is 14.9 Å². The van der Waals surface area contributed by atoms with Gasteiger partial charge >= 0.3 is 5.97 Å². The van der Waals surface area contributed by atoms with Crippen molar-refractivity contribution in [3.63, 3.8) is 0 Å². The van der Waals surface area contributed by atoms with Crippen LogP contribution in [0.4, 0.5) is 5.69 Å². The van der Waals surface area contributed by atoms with E-state index in [-0.39, 0.29) is 12.2 Å². The summed E-state index contributed by atoms with van der Waals surface area (Å²) >= 11 is 0. The van der Waals surface area contributed by atoms with Crippen LogP contribution in [0.25, 0.3) is 0 Å². The van der Waals surface area contributed by atoms with Gasteiger partial charge in [0.1, 0.15) is 0 Å². The monoisotopic (exact) mass is 264 g/mol. The number of esters is 1. The number of hydrogen-bond acceptors (Lipinski definition) is 5. The molecule has 102 valence electrons. The van der Waals surface area contributed by atoms with Crippen molar-refractivity contribution >= 4 is 11.7 Å². The Balaban J connectivity index is 2.45. The van der Waals surface area contributed by atoms with Crippen LogP contribution in [-0.4, -0.2) is 24.0 Å². The highest BCUT2D eigenvalue weighted by Crippen LogP contribution is 2.12. The average Bonchev–Trinajstić information content (AvgIpc) is 2.39. The van der Waals surface area contributed by atoms with E-state index in [0.29, 0.717) is 18.7 Å². The maximum atomic E-state index is 11.3. The highest BCUT2D eigenvalue weighted by Gasteiger charge is 2.08. The maximum absolute atomic E-state index is 11.3. The molecule has 1 N–H and O–H groups in total. The summed E-state index contributed by atoms with van der Waals surface area (Å²) in [5, 5.41) is 13.6. The number of non-ortho nitro benzene ring substituents is 1. The standard InChI is InChI=1S/C13H16N2O4/c1-3-19-13(16)10(2)8-14-9-11-5-4-6-12(7-11)15(17)18/h4-7,14H,2-3,8-9H2,1H3. The molecule has 6 heteroatoms. The number of nitrogens with one attached hydrogen (secondary N) is 1. The van der Waals surface area contributed by atoms with E-state index in [0.717, 1.165) is 5.56 Å². The van der Waals surface area contributed by atoms with E-state index >= 15 is 0 Å². The minimum Gasteiger partial charge on any atom is -0.463 e. The lowest BCUT2D eigenvalue weighted by Gasteiger charge is -2.07. The van der Waals surface area contributed by atoms with Crippen molar-refractivity contribution in [1.82, 2.24) is 5.32 Å². The summed E-state index contributed by atoms with van der Waals surface area (Å²) in [6.45, 7) is 6.33. The zero-order valence-corrected chi connectivity index (χ0v) is 10.7. The first-order valence-corrected chi connectivity index (χ1v) is 5.83. The van der Waals surface area contributed by atoms with Gasteiger partial charge in [0.05, 0.1) is 11.5 Å². The largest absolute Gasteiger partial charge is 0.463 e. The van der Waals surface area contributed by atoms with Crippen molar-refractivity contribution in [1.29, 1.82) is 0 Å². The van der Waals surface area contributed by atoms with E-state index in [2.05, 4.69) is 11.9 Å². The molecule has 0 fully saturated rings. The fourth-order valence-corrected chi connectivity index (χ4v) is 1.44. The third-order valence-corrected chi connectivity index (χ3v) is 2.35. The average molecular weight is 264 g/mol. The van der Waals surface area contributed by atoms with Gasteiger partial charge in [-0.25, -0.2) is 4.79 Å². The summed E-state index contributed by atoms with van der Waals surface area (Å²) in [5.74, 6) is -0.436. The van der Waals surface area contributed by atoms with E-state index in [1.54, 1.807) is 19.1 Å². The Morgan fingerprint density at radius 1 is 1.53 bits per heavy atom. The first kappa shape index (κ1) is 14.8. The van der Waals surface area contributed by atoms with Crippen LogP contribution in [0.5, 0.6) is 0 Å². The zero-order chi connectivity index (χ0) is 14.3. The summed E-state index contributed by atoms with van der Waals surface area (Å²) in [6.07, 6.45) is 0. The molecule has 0 aliphatic rings. The molecule has 0 saturated heterocycles. The molecular formula is C13H16N2O4. The number of benzene rings is 1. The quantitative estimate of drug-likeness (QED) is 0.351. The molecule has 0 aliphatic heterocycles. The van der Waals surface area contributed by atoms with E-state index in [4.69, 9.17) is 4.74 Å². The van der Waals surface area contributed by atoms with Crippen LogP contribution in [0, 0.1) is 10.1 Å². The molecule has 1 rings (SSSR count). The fraction of sp³-hybridized carbons (Fsp3) is 0.308. The van der Waals surface area contributed by atoms with Crippen LogP contribution in [0.15, 0.2) is 36.4 Å². The lowest BCUT2D eigenvalue weighted by Crippen LogP contribution is -2.21. The van der Waals surface area contributed by atoms with Gasteiger partial charge in [-0.15, -0.1) is 0 Å². The van der Waals surface area contributed by atoms with Crippen LogP contribution in [0.1, 0.15) is 12.5 Å². The van der Waals surface area contributed by atoms with Crippen LogP contribution >= 0.6 is 0 Å². The van der Waals surface area contributed by atoms with Gasteiger partial charge in [-0.1, -0.05) is 18.7 Å². The Bertz CT molecular complexity index is 485. The predicted molar refractivity (Wildman–Crippen MR) is 70.6 cm³/mol. The van der Waals surface area contributed by atoms with Gasteiger partial charge < -0.3 is 10.1 Å². The first-order chi connectivity index (χ1) is 9.04. The van der Waals surface area contributed by atoms with Gasteiger partial charge in [-0.2, -0.15) is 0 Å². The number of rotatable bonds is 7. The molecule has 6 nitrogen and oxygen atoms in total. The van der Waals surface area contributed by atoms with Crippen molar-refractivity contribution < 1.29 is 14.5 Å². The summed E-state index contributed by atoms with van der Waals surface area (Å²) in [5.41, 5.74) is 1.14. The highest BCUT2D eigenvalue weighted by molar-refractivity contribution is 5.88. The van der Waals surface area contributed by atoms with E-state index < -0.39 is 10.9 Å². The second-order valence-electron chi connectivity index (χ2n) is 3.85. The van der Waals surface area contributed by atoms with Crippen LogP contribution in [0.3, 0.4) is 0 Å². The first-order valence-electron chi connectivity index (χ1n) is 5.83. The molecule has 0 unspecified atom stereocenters. The van der Waals surface area contributed by atoms with Crippen LogP contribution in [0.2, 0.25) is 0 Å². The molecule has 19 heavy (non-hydrogen) atoms. The summed E-state index contributed by atoms with van der Waals surface area (Å²) < 4.78 is 4.79. The molecule has 0 saturated carbocycles. The van der Waals surface area contributed by atoms with Gasteiger partial charge in [0.2, 0.25) is 0 Å². The summed E-state index contributed by atoms with van der Waals surface area (Å²) in [7, 11) is 0. The molecule has 0 heterocycles. The molecular weight excluding hydrogens is 248 g/mol. The molecule has 0 aliphatic carbocycles. The topological polar surface area (TPSA) is 81.5 Å². The number of carbonyl (C=O) groups is 1. The Morgan fingerprint density at radius 2 is 2.26 bits per heavy atom. The molecule has 1 aromatic carbocycles. The van der Waals surface area contributed by atoms with Crippen molar-refractivity contribution in [2.45, 2.75) is 13.5 Å². The molecule has 0 radical (unpaired) electrons. The smallest absolute Gasteiger partial charge is 0.334 e. The molecule has 0 atom stereocenters. The molecule has 0 amide bonds. The second kappa shape index (κ2) is 7.27. The number of carbonyl (C=O) groups excluding carboxylic acids is 1. The van der Waals surface area contributed by atoms with Crippen molar-refractivity contribution in [2.75, 3.05) is 13.2 Å². The number of nitro benzene ring substituents is 1. The fourth-order valence-electron chi connectivity index (χ4n) is 1.44. The van der Waals surface area contributed by atoms with Crippen LogP contribution < -0.4 is 5.32 Å².